The summed E-state index contributed by atoms with van der Waals surface area (Å²) in [5.41, 5.74) is 0.563. The van der Waals surface area contributed by atoms with Crippen LogP contribution in [0.15, 0.2) is 33.1 Å². The van der Waals surface area contributed by atoms with Crippen molar-refractivity contribution in [3.8, 4) is 11.7 Å². The van der Waals surface area contributed by atoms with Crippen LogP contribution in [0.5, 0.6) is 0 Å². The van der Waals surface area contributed by atoms with Gasteiger partial charge in [0.2, 0.25) is 5.89 Å². The molecular formula is C12H9FN2O2S2. The lowest BCUT2D eigenvalue weighted by atomic mass is 10.2. The number of fused-ring (bicyclic) bond motifs is 1. The van der Waals surface area contributed by atoms with Gasteiger partial charge >= 0.3 is 0 Å². The molecular weight excluding hydrogens is 287 g/mol. The molecule has 19 heavy (non-hydrogen) atoms. The Morgan fingerprint density at radius 1 is 1.21 bits per heavy atom. The number of hydrogen-bond donors (Lipinski definition) is 2. The van der Waals surface area contributed by atoms with Gasteiger partial charge in [-0.2, -0.15) is 25.3 Å². The molecule has 3 aromatic rings. The van der Waals surface area contributed by atoms with Gasteiger partial charge in [0.25, 0.3) is 5.89 Å². The van der Waals surface area contributed by atoms with Crippen LogP contribution in [0.4, 0.5) is 4.39 Å². The predicted octanol–water partition coefficient (Wildman–Crippen LogP) is 3.52. The molecule has 0 bridgehead atoms. The zero-order valence-electron chi connectivity index (χ0n) is 9.58. The van der Waals surface area contributed by atoms with Crippen LogP contribution in [-0.2, 0) is 0 Å². The molecule has 0 saturated heterocycles. The number of benzene rings is 1. The number of nitrogens with zero attached hydrogens (tertiary/aromatic N) is 2. The van der Waals surface area contributed by atoms with Gasteiger partial charge in [-0.25, -0.2) is 4.39 Å². The number of aromatic nitrogens is 2. The molecule has 0 saturated carbocycles. The van der Waals surface area contributed by atoms with Crippen LogP contribution in [0.1, 0.15) is 11.1 Å². The second-order valence-electron chi connectivity index (χ2n) is 3.94. The maximum atomic E-state index is 13.1. The predicted molar refractivity (Wildman–Crippen MR) is 75.0 cm³/mol. The van der Waals surface area contributed by atoms with E-state index in [0.29, 0.717) is 28.4 Å². The minimum Gasteiger partial charge on any atom is -0.451 e. The largest absolute Gasteiger partial charge is 0.451 e. The number of hydrogen-bond acceptors (Lipinski definition) is 6. The quantitative estimate of drug-likeness (QED) is 0.726. The van der Waals surface area contributed by atoms with Gasteiger partial charge in [0.15, 0.2) is 5.76 Å². The van der Waals surface area contributed by atoms with Crippen LogP contribution in [-0.4, -0.2) is 16.0 Å². The number of halogens is 1. The molecule has 2 heterocycles. The summed E-state index contributed by atoms with van der Waals surface area (Å²) in [6.45, 7) is 0. The summed E-state index contributed by atoms with van der Waals surface area (Å²) < 4.78 is 24.1. The first-order valence-electron chi connectivity index (χ1n) is 5.49. The average molecular weight is 296 g/mol. The van der Waals surface area contributed by atoms with Crippen molar-refractivity contribution in [2.75, 3.05) is 5.75 Å². The van der Waals surface area contributed by atoms with Gasteiger partial charge in [-0.15, -0.1) is 10.2 Å². The van der Waals surface area contributed by atoms with Crippen molar-refractivity contribution in [3.63, 3.8) is 0 Å². The van der Waals surface area contributed by atoms with Gasteiger partial charge in [-0.3, -0.25) is 0 Å². The Morgan fingerprint density at radius 2 is 2.05 bits per heavy atom. The fourth-order valence-corrected chi connectivity index (χ4v) is 1.93. The van der Waals surface area contributed by atoms with Crippen molar-refractivity contribution in [1.29, 1.82) is 0 Å². The molecule has 2 aromatic heterocycles. The second-order valence-corrected chi connectivity index (χ2v) is 4.93. The molecule has 0 aliphatic heterocycles. The molecule has 0 aliphatic carbocycles. The highest BCUT2D eigenvalue weighted by atomic mass is 32.1. The first kappa shape index (κ1) is 12.6. The van der Waals surface area contributed by atoms with E-state index in [1.165, 1.54) is 12.1 Å². The van der Waals surface area contributed by atoms with Gasteiger partial charge in [0, 0.05) is 11.1 Å². The average Bonchev–Trinajstić information content (AvgIpc) is 3.03. The minimum atomic E-state index is -0.323. The van der Waals surface area contributed by atoms with E-state index < -0.39 is 0 Å². The van der Waals surface area contributed by atoms with E-state index in [0.717, 1.165) is 0 Å². The van der Waals surface area contributed by atoms with E-state index in [1.807, 2.05) is 0 Å². The summed E-state index contributed by atoms with van der Waals surface area (Å²) in [7, 11) is 0. The third-order valence-electron chi connectivity index (χ3n) is 2.59. The molecule has 3 rings (SSSR count). The molecule has 1 atom stereocenters. The lowest BCUT2D eigenvalue weighted by Gasteiger charge is -1.97. The zero-order valence-corrected chi connectivity index (χ0v) is 11.4. The van der Waals surface area contributed by atoms with E-state index in [2.05, 4.69) is 35.5 Å². The summed E-state index contributed by atoms with van der Waals surface area (Å²) in [4.78, 5) is 0. The summed E-state index contributed by atoms with van der Waals surface area (Å²) in [6.07, 6.45) is 0. The van der Waals surface area contributed by atoms with Gasteiger partial charge in [-0.1, -0.05) is 0 Å². The van der Waals surface area contributed by atoms with Crippen LogP contribution < -0.4 is 0 Å². The Hall–Kier alpha value is -1.47. The molecule has 7 heteroatoms. The molecule has 0 aliphatic rings. The second kappa shape index (κ2) is 4.90. The van der Waals surface area contributed by atoms with Gasteiger partial charge in [-0.05, 0) is 24.3 Å². The van der Waals surface area contributed by atoms with Gasteiger partial charge < -0.3 is 8.83 Å². The van der Waals surface area contributed by atoms with E-state index in [1.54, 1.807) is 12.1 Å². The fourth-order valence-electron chi connectivity index (χ4n) is 1.67. The minimum absolute atomic E-state index is 0.230. The summed E-state index contributed by atoms with van der Waals surface area (Å²) in [5.74, 6) is 1.18. The topological polar surface area (TPSA) is 52.1 Å². The molecule has 0 spiro atoms. The number of rotatable bonds is 3. The van der Waals surface area contributed by atoms with Crippen LogP contribution in [0, 0.1) is 5.82 Å². The number of furan rings is 1. The smallest absolute Gasteiger partial charge is 0.283 e. The first-order valence-corrected chi connectivity index (χ1v) is 6.64. The highest BCUT2D eigenvalue weighted by Gasteiger charge is 2.17. The molecule has 1 aromatic carbocycles. The van der Waals surface area contributed by atoms with Crippen molar-refractivity contribution in [1.82, 2.24) is 10.2 Å². The highest BCUT2D eigenvalue weighted by molar-refractivity contribution is 7.84. The van der Waals surface area contributed by atoms with Crippen LogP contribution in [0.3, 0.4) is 0 Å². The first-order chi connectivity index (χ1) is 9.17. The Kier molecular flexibility index (Phi) is 3.24. The summed E-state index contributed by atoms with van der Waals surface area (Å²) in [6, 6.07) is 5.93. The highest BCUT2D eigenvalue weighted by Crippen LogP contribution is 2.29. The molecule has 0 radical (unpaired) electrons. The van der Waals surface area contributed by atoms with E-state index in [-0.39, 0.29) is 17.0 Å². The summed E-state index contributed by atoms with van der Waals surface area (Å²) >= 11 is 8.36. The molecule has 0 N–H and O–H groups in total. The van der Waals surface area contributed by atoms with Gasteiger partial charge in [0.05, 0.1) is 5.25 Å². The third kappa shape index (κ3) is 2.35. The van der Waals surface area contributed by atoms with E-state index in [9.17, 15) is 4.39 Å². The van der Waals surface area contributed by atoms with Crippen LogP contribution in [0.2, 0.25) is 0 Å². The Balaban J connectivity index is 2.01. The Labute approximate surface area is 118 Å². The Morgan fingerprint density at radius 3 is 2.84 bits per heavy atom. The normalized spacial score (nSPS) is 13.0. The van der Waals surface area contributed by atoms with Crippen LogP contribution >= 0.6 is 25.3 Å². The molecule has 0 amide bonds. The lowest BCUT2D eigenvalue weighted by molar-refractivity contribution is 0.491. The SMILES string of the molecule is Fc1ccc2oc(-c3nnc(C(S)CS)o3)cc2c1. The van der Waals surface area contributed by atoms with Crippen LogP contribution in [0.25, 0.3) is 22.6 Å². The monoisotopic (exact) mass is 296 g/mol. The van der Waals surface area contributed by atoms with Gasteiger partial charge in [0.1, 0.15) is 11.4 Å². The molecule has 98 valence electrons. The third-order valence-corrected chi connectivity index (χ3v) is 3.64. The molecule has 0 fully saturated rings. The van der Waals surface area contributed by atoms with Crippen molar-refractivity contribution in [2.24, 2.45) is 0 Å². The Bertz CT molecular complexity index is 725. The fraction of sp³-hybridized carbons (Fsp3) is 0.167. The lowest BCUT2D eigenvalue weighted by Crippen LogP contribution is -1.91. The standard InChI is InChI=1S/C12H9FN2O2S2/c13-7-1-2-8-6(3-7)4-9(16-8)11-14-15-12(17-11)10(19)5-18/h1-4,10,18-19H,5H2. The maximum absolute atomic E-state index is 13.1. The molecule has 4 nitrogen and oxygen atoms in total. The van der Waals surface area contributed by atoms with E-state index >= 15 is 0 Å². The van der Waals surface area contributed by atoms with Crippen molar-refractivity contribution in [3.05, 3.63) is 36.0 Å². The van der Waals surface area contributed by atoms with Crippen molar-refractivity contribution >= 4 is 36.2 Å². The maximum Gasteiger partial charge on any atom is 0.283 e. The number of thiol groups is 2. The van der Waals surface area contributed by atoms with Crippen molar-refractivity contribution < 1.29 is 13.2 Å². The van der Waals surface area contributed by atoms with E-state index in [4.69, 9.17) is 8.83 Å². The zero-order chi connectivity index (χ0) is 13.4. The van der Waals surface area contributed by atoms with Crippen molar-refractivity contribution in [2.45, 2.75) is 5.25 Å². The molecule has 1 unspecified atom stereocenters. The summed E-state index contributed by atoms with van der Waals surface area (Å²) in [5, 5.41) is 8.18.